The second-order valence-electron chi connectivity index (χ2n) is 6.62. The fraction of sp³-hybridized carbons (Fsp3) is 0.227. The molecule has 0 unspecified atom stereocenters. The number of hydrogen-bond acceptors (Lipinski definition) is 5. The predicted molar refractivity (Wildman–Crippen MR) is 110 cm³/mol. The van der Waals surface area contributed by atoms with Crippen LogP contribution in [0.2, 0.25) is 0 Å². The van der Waals surface area contributed by atoms with Crippen LogP contribution in [0.5, 0.6) is 11.5 Å². The van der Waals surface area contributed by atoms with Gasteiger partial charge in [-0.3, -0.25) is 14.2 Å². The standard InChI is InChI=1S/C22H23N3O4/c1-15-4-6-17(7-5-15)24-21(26)13-25-20(23-16(2)12-22(25)27)14-29-19-10-8-18(28-3)9-11-19/h4-12H,13-14H2,1-3H3,(H,24,26). The number of carbonyl (C=O) groups is 1. The lowest BCUT2D eigenvalue weighted by Crippen LogP contribution is -2.31. The second kappa shape index (κ2) is 9.05. The monoisotopic (exact) mass is 393 g/mol. The Morgan fingerprint density at radius 2 is 1.69 bits per heavy atom. The zero-order valence-corrected chi connectivity index (χ0v) is 16.6. The van der Waals surface area contributed by atoms with Crippen LogP contribution in [-0.4, -0.2) is 22.6 Å². The number of anilines is 1. The smallest absolute Gasteiger partial charge is 0.254 e. The van der Waals surface area contributed by atoms with E-state index in [4.69, 9.17) is 9.47 Å². The van der Waals surface area contributed by atoms with E-state index in [1.165, 1.54) is 10.6 Å². The van der Waals surface area contributed by atoms with E-state index in [0.29, 0.717) is 23.0 Å². The number of ether oxygens (including phenoxy) is 2. The molecule has 0 fully saturated rings. The van der Waals surface area contributed by atoms with Gasteiger partial charge in [-0.15, -0.1) is 0 Å². The van der Waals surface area contributed by atoms with Crippen LogP contribution in [0, 0.1) is 13.8 Å². The molecule has 1 heterocycles. The lowest BCUT2D eigenvalue weighted by atomic mass is 10.2. The summed E-state index contributed by atoms with van der Waals surface area (Å²) in [6.45, 7) is 3.61. The van der Waals surface area contributed by atoms with Crippen molar-refractivity contribution in [2.45, 2.75) is 27.0 Å². The summed E-state index contributed by atoms with van der Waals surface area (Å²) in [6.07, 6.45) is 0. The minimum Gasteiger partial charge on any atom is -0.497 e. The van der Waals surface area contributed by atoms with Crippen LogP contribution < -0.4 is 20.3 Å². The molecule has 0 radical (unpaired) electrons. The number of nitrogens with one attached hydrogen (secondary N) is 1. The van der Waals surface area contributed by atoms with Gasteiger partial charge in [0.25, 0.3) is 5.56 Å². The van der Waals surface area contributed by atoms with E-state index in [1.807, 2.05) is 31.2 Å². The molecule has 150 valence electrons. The number of amides is 1. The van der Waals surface area contributed by atoms with Crippen molar-refractivity contribution in [3.05, 3.63) is 82.0 Å². The molecule has 7 nitrogen and oxygen atoms in total. The van der Waals surface area contributed by atoms with Crippen LogP contribution >= 0.6 is 0 Å². The molecular formula is C22H23N3O4. The Morgan fingerprint density at radius 1 is 1.03 bits per heavy atom. The molecule has 29 heavy (non-hydrogen) atoms. The van der Waals surface area contributed by atoms with Crippen molar-refractivity contribution in [2.24, 2.45) is 0 Å². The highest BCUT2D eigenvalue weighted by atomic mass is 16.5. The molecule has 1 amide bonds. The normalized spacial score (nSPS) is 10.4. The molecular weight excluding hydrogens is 370 g/mol. The predicted octanol–water partition coefficient (Wildman–Crippen LogP) is 3.09. The highest BCUT2D eigenvalue weighted by Gasteiger charge is 2.12. The summed E-state index contributed by atoms with van der Waals surface area (Å²) in [7, 11) is 1.59. The molecule has 3 rings (SSSR count). The number of methoxy groups -OCH3 is 1. The first-order valence-corrected chi connectivity index (χ1v) is 9.15. The number of carbonyl (C=O) groups excluding carboxylic acids is 1. The minimum absolute atomic E-state index is 0.0566. The summed E-state index contributed by atoms with van der Waals surface area (Å²) >= 11 is 0. The Hall–Kier alpha value is -3.61. The first-order chi connectivity index (χ1) is 13.9. The molecule has 0 aliphatic carbocycles. The topological polar surface area (TPSA) is 82.5 Å². The highest BCUT2D eigenvalue weighted by Crippen LogP contribution is 2.18. The SMILES string of the molecule is COc1ccc(OCc2nc(C)cc(=O)n2CC(=O)Nc2ccc(C)cc2)cc1. The van der Waals surface area contributed by atoms with Crippen molar-refractivity contribution < 1.29 is 14.3 Å². The maximum absolute atomic E-state index is 12.5. The minimum atomic E-state index is -0.313. The zero-order chi connectivity index (χ0) is 20.8. The van der Waals surface area contributed by atoms with Gasteiger partial charge in [0.15, 0.2) is 0 Å². The number of benzene rings is 2. The molecule has 1 N–H and O–H groups in total. The molecule has 0 saturated heterocycles. The van der Waals surface area contributed by atoms with Gasteiger partial charge in [-0.2, -0.15) is 0 Å². The summed E-state index contributed by atoms with van der Waals surface area (Å²) in [6, 6.07) is 15.9. The maximum atomic E-state index is 12.5. The van der Waals surface area contributed by atoms with Crippen molar-refractivity contribution in [2.75, 3.05) is 12.4 Å². The van der Waals surface area contributed by atoms with E-state index in [0.717, 1.165) is 11.3 Å². The quantitative estimate of drug-likeness (QED) is 0.667. The molecule has 0 spiro atoms. The molecule has 0 atom stereocenters. The maximum Gasteiger partial charge on any atom is 0.254 e. The van der Waals surface area contributed by atoms with Crippen molar-refractivity contribution in [1.29, 1.82) is 0 Å². The number of aromatic nitrogens is 2. The second-order valence-corrected chi connectivity index (χ2v) is 6.62. The largest absolute Gasteiger partial charge is 0.497 e. The van der Waals surface area contributed by atoms with E-state index < -0.39 is 0 Å². The molecule has 0 saturated carbocycles. The number of rotatable bonds is 7. The fourth-order valence-corrected chi connectivity index (χ4v) is 2.76. The highest BCUT2D eigenvalue weighted by molar-refractivity contribution is 5.90. The number of nitrogens with zero attached hydrogens (tertiary/aromatic N) is 2. The van der Waals surface area contributed by atoms with E-state index in [2.05, 4.69) is 10.3 Å². The van der Waals surface area contributed by atoms with Gasteiger partial charge in [0.2, 0.25) is 5.91 Å². The molecule has 2 aromatic carbocycles. The molecule has 0 aliphatic heterocycles. The Bertz CT molecular complexity index is 1040. The Balaban J connectivity index is 1.74. The summed E-state index contributed by atoms with van der Waals surface area (Å²) < 4.78 is 12.2. The van der Waals surface area contributed by atoms with E-state index in [9.17, 15) is 9.59 Å². The van der Waals surface area contributed by atoms with Crippen LogP contribution in [0.1, 0.15) is 17.1 Å². The van der Waals surface area contributed by atoms with Gasteiger partial charge in [0.05, 0.1) is 7.11 Å². The van der Waals surface area contributed by atoms with Gasteiger partial charge in [0, 0.05) is 17.4 Å². The van der Waals surface area contributed by atoms with Gasteiger partial charge in [-0.25, -0.2) is 4.98 Å². The summed E-state index contributed by atoms with van der Waals surface area (Å²) in [5.41, 5.74) is 2.04. The van der Waals surface area contributed by atoms with Gasteiger partial charge in [0.1, 0.15) is 30.5 Å². The molecule has 1 aromatic heterocycles. The van der Waals surface area contributed by atoms with Gasteiger partial charge in [-0.1, -0.05) is 17.7 Å². The third kappa shape index (κ3) is 5.44. The molecule has 0 aliphatic rings. The lowest BCUT2D eigenvalue weighted by Gasteiger charge is -2.14. The first-order valence-electron chi connectivity index (χ1n) is 9.15. The lowest BCUT2D eigenvalue weighted by molar-refractivity contribution is -0.116. The Labute approximate surface area is 168 Å². The third-order valence-corrected chi connectivity index (χ3v) is 4.28. The number of aryl methyl sites for hydroxylation is 2. The molecule has 7 heteroatoms. The average Bonchev–Trinajstić information content (AvgIpc) is 2.70. The summed E-state index contributed by atoms with van der Waals surface area (Å²) in [5.74, 6) is 1.39. The number of hydrogen-bond donors (Lipinski definition) is 1. The van der Waals surface area contributed by atoms with Crippen molar-refractivity contribution in [1.82, 2.24) is 9.55 Å². The molecule has 3 aromatic rings. The van der Waals surface area contributed by atoms with Gasteiger partial charge in [-0.05, 0) is 50.2 Å². The average molecular weight is 393 g/mol. The van der Waals surface area contributed by atoms with Gasteiger partial charge < -0.3 is 14.8 Å². The third-order valence-electron chi connectivity index (χ3n) is 4.28. The summed E-state index contributed by atoms with van der Waals surface area (Å²) in [5, 5.41) is 2.79. The van der Waals surface area contributed by atoms with Crippen LogP contribution in [0.25, 0.3) is 0 Å². The van der Waals surface area contributed by atoms with Crippen molar-refractivity contribution >= 4 is 11.6 Å². The van der Waals surface area contributed by atoms with E-state index >= 15 is 0 Å². The van der Waals surface area contributed by atoms with Crippen LogP contribution in [0.3, 0.4) is 0 Å². The van der Waals surface area contributed by atoms with Crippen LogP contribution in [0.15, 0.2) is 59.4 Å². The summed E-state index contributed by atoms with van der Waals surface area (Å²) in [4.78, 5) is 29.3. The van der Waals surface area contributed by atoms with E-state index in [-0.39, 0.29) is 24.6 Å². The molecule has 0 bridgehead atoms. The fourth-order valence-electron chi connectivity index (χ4n) is 2.76. The Morgan fingerprint density at radius 3 is 2.34 bits per heavy atom. The van der Waals surface area contributed by atoms with Crippen LogP contribution in [0.4, 0.5) is 5.69 Å². The Kier molecular flexibility index (Phi) is 6.29. The van der Waals surface area contributed by atoms with Crippen molar-refractivity contribution in [3.8, 4) is 11.5 Å². The van der Waals surface area contributed by atoms with Gasteiger partial charge >= 0.3 is 0 Å². The first kappa shape index (κ1) is 20.1. The van der Waals surface area contributed by atoms with Crippen molar-refractivity contribution in [3.63, 3.8) is 0 Å². The van der Waals surface area contributed by atoms with E-state index in [1.54, 1.807) is 38.3 Å². The van der Waals surface area contributed by atoms with Crippen LogP contribution in [-0.2, 0) is 17.9 Å². The zero-order valence-electron chi connectivity index (χ0n) is 16.6.